The van der Waals surface area contributed by atoms with E-state index >= 15 is 0 Å². The highest BCUT2D eigenvalue weighted by Gasteiger charge is 2.32. The molecular formula is C35H39N6O. The molecule has 1 amide bonds. The summed E-state index contributed by atoms with van der Waals surface area (Å²) < 4.78 is 2.35. The molecule has 3 aromatic carbocycles. The summed E-state index contributed by atoms with van der Waals surface area (Å²) in [6.45, 7) is 4.62. The highest BCUT2D eigenvalue weighted by atomic mass is 16.1. The number of benzene rings is 3. The quantitative estimate of drug-likeness (QED) is 0.196. The molecule has 1 saturated heterocycles. The van der Waals surface area contributed by atoms with Gasteiger partial charge in [-0.2, -0.15) is 0 Å². The Hall–Kier alpha value is -4.23. The van der Waals surface area contributed by atoms with E-state index in [-0.39, 0.29) is 12.1 Å². The van der Waals surface area contributed by atoms with Crippen LogP contribution in [0.5, 0.6) is 0 Å². The molecule has 1 aliphatic rings. The number of aryl methyl sites for hydroxylation is 3. The first-order valence-corrected chi connectivity index (χ1v) is 15.2. The molecule has 42 heavy (non-hydrogen) atoms. The molecule has 2 atom stereocenters. The van der Waals surface area contributed by atoms with E-state index in [1.807, 2.05) is 6.41 Å². The maximum absolute atomic E-state index is 11.2. The van der Waals surface area contributed by atoms with Crippen molar-refractivity contribution in [2.75, 3.05) is 13.1 Å². The SMILES string of the molecule is CCc1ccc(Cn2c(CCc3ccccc3)nnc2[C@@H](Cc2c[nH]c3ccccc23)N2CCC[C@H](N[C]=O)C2)cc1. The zero-order valence-corrected chi connectivity index (χ0v) is 24.3. The lowest BCUT2D eigenvalue weighted by atomic mass is 9.98. The van der Waals surface area contributed by atoms with Gasteiger partial charge in [-0.1, -0.05) is 79.7 Å². The number of amides is 1. The molecule has 0 saturated carbocycles. The third-order valence-electron chi connectivity index (χ3n) is 8.65. The summed E-state index contributed by atoms with van der Waals surface area (Å²) in [4.78, 5) is 17.2. The van der Waals surface area contributed by atoms with Crippen LogP contribution in [0.4, 0.5) is 0 Å². The van der Waals surface area contributed by atoms with Crippen LogP contribution in [0.15, 0.2) is 85.1 Å². The van der Waals surface area contributed by atoms with Crippen molar-refractivity contribution < 1.29 is 4.79 Å². The minimum Gasteiger partial charge on any atom is -0.361 e. The van der Waals surface area contributed by atoms with Gasteiger partial charge in [0.05, 0.1) is 12.6 Å². The van der Waals surface area contributed by atoms with Crippen molar-refractivity contribution in [2.45, 2.75) is 64.1 Å². The van der Waals surface area contributed by atoms with E-state index in [4.69, 9.17) is 10.2 Å². The summed E-state index contributed by atoms with van der Waals surface area (Å²) in [7, 11) is 0. The van der Waals surface area contributed by atoms with Gasteiger partial charge in [-0.05, 0) is 67.0 Å². The number of aromatic amines is 1. The van der Waals surface area contributed by atoms with E-state index in [0.717, 1.165) is 75.3 Å². The number of nitrogens with one attached hydrogen (secondary N) is 2. The zero-order valence-electron chi connectivity index (χ0n) is 24.3. The Morgan fingerprint density at radius 1 is 0.952 bits per heavy atom. The molecule has 6 rings (SSSR count). The second-order valence-corrected chi connectivity index (χ2v) is 11.4. The first-order valence-electron chi connectivity index (χ1n) is 15.2. The summed E-state index contributed by atoms with van der Waals surface area (Å²) in [5.41, 5.74) is 6.28. The normalized spacial score (nSPS) is 16.5. The number of H-pyrrole nitrogens is 1. The number of para-hydroxylation sites is 1. The molecule has 0 unspecified atom stereocenters. The van der Waals surface area contributed by atoms with Crippen LogP contribution in [0.2, 0.25) is 0 Å². The maximum Gasteiger partial charge on any atom is 0.309 e. The molecule has 0 aliphatic carbocycles. The van der Waals surface area contributed by atoms with Crippen molar-refractivity contribution in [3.05, 3.63) is 119 Å². The lowest BCUT2D eigenvalue weighted by Gasteiger charge is -2.37. The van der Waals surface area contributed by atoms with Crippen LogP contribution in [-0.4, -0.2) is 50.2 Å². The highest BCUT2D eigenvalue weighted by Crippen LogP contribution is 2.31. The third kappa shape index (κ3) is 6.31. The van der Waals surface area contributed by atoms with Gasteiger partial charge >= 0.3 is 6.41 Å². The Morgan fingerprint density at radius 3 is 2.55 bits per heavy atom. The van der Waals surface area contributed by atoms with Crippen LogP contribution >= 0.6 is 0 Å². The number of rotatable bonds is 12. The molecule has 0 spiro atoms. The number of piperidine rings is 1. The fourth-order valence-electron chi connectivity index (χ4n) is 6.30. The molecule has 1 aliphatic heterocycles. The van der Waals surface area contributed by atoms with Crippen LogP contribution in [0, 0.1) is 0 Å². The summed E-state index contributed by atoms with van der Waals surface area (Å²) in [5, 5.41) is 13.9. The van der Waals surface area contributed by atoms with Gasteiger partial charge in [-0.25, -0.2) is 0 Å². The van der Waals surface area contributed by atoms with E-state index in [1.54, 1.807) is 0 Å². The Kier molecular flexibility index (Phi) is 8.75. The van der Waals surface area contributed by atoms with Gasteiger partial charge < -0.3 is 14.9 Å². The number of hydrogen-bond donors (Lipinski definition) is 2. The molecule has 7 heteroatoms. The van der Waals surface area contributed by atoms with Gasteiger partial charge in [-0.3, -0.25) is 9.69 Å². The van der Waals surface area contributed by atoms with Gasteiger partial charge in [0.2, 0.25) is 0 Å². The second-order valence-electron chi connectivity index (χ2n) is 11.4. The Bertz CT molecular complexity index is 1590. The van der Waals surface area contributed by atoms with E-state index in [1.165, 1.54) is 27.6 Å². The third-order valence-corrected chi connectivity index (χ3v) is 8.65. The maximum atomic E-state index is 11.2. The molecule has 2 N–H and O–H groups in total. The summed E-state index contributed by atoms with van der Waals surface area (Å²) in [5.74, 6) is 1.99. The topological polar surface area (TPSA) is 78.8 Å². The second kappa shape index (κ2) is 13.2. The number of carbonyl (C=O) groups excluding carboxylic acids is 1. The van der Waals surface area contributed by atoms with Crippen molar-refractivity contribution in [3.8, 4) is 0 Å². The Morgan fingerprint density at radius 2 is 1.74 bits per heavy atom. The number of hydrogen-bond acceptors (Lipinski definition) is 4. The summed E-state index contributed by atoms with van der Waals surface area (Å²) >= 11 is 0. The van der Waals surface area contributed by atoms with Gasteiger partial charge in [0, 0.05) is 36.1 Å². The summed E-state index contributed by atoms with van der Waals surface area (Å²) in [6, 6.07) is 28.1. The smallest absolute Gasteiger partial charge is 0.309 e. The first-order chi connectivity index (χ1) is 20.7. The van der Waals surface area contributed by atoms with Crippen molar-refractivity contribution in [1.82, 2.24) is 30.0 Å². The van der Waals surface area contributed by atoms with E-state index < -0.39 is 0 Å². The van der Waals surface area contributed by atoms with Gasteiger partial charge in [0.1, 0.15) is 5.82 Å². The van der Waals surface area contributed by atoms with Crippen molar-refractivity contribution in [2.24, 2.45) is 0 Å². The number of likely N-dealkylation sites (tertiary alicyclic amines) is 1. The van der Waals surface area contributed by atoms with E-state index in [0.29, 0.717) is 0 Å². The summed E-state index contributed by atoms with van der Waals surface area (Å²) in [6.07, 6.45) is 9.59. The number of aromatic nitrogens is 4. The van der Waals surface area contributed by atoms with Crippen LogP contribution in [0.25, 0.3) is 10.9 Å². The molecule has 5 aromatic rings. The average molecular weight is 560 g/mol. The first kappa shape index (κ1) is 27.9. The molecule has 3 heterocycles. The largest absolute Gasteiger partial charge is 0.361 e. The minimum atomic E-state index is 0.00773. The molecular weight excluding hydrogens is 520 g/mol. The van der Waals surface area contributed by atoms with Crippen molar-refractivity contribution in [3.63, 3.8) is 0 Å². The minimum absolute atomic E-state index is 0.00773. The molecule has 1 radical (unpaired) electrons. The van der Waals surface area contributed by atoms with Crippen LogP contribution in [-0.2, 0) is 37.0 Å². The monoisotopic (exact) mass is 559 g/mol. The lowest BCUT2D eigenvalue weighted by molar-refractivity contribution is 0.134. The molecule has 1 fully saturated rings. The van der Waals surface area contributed by atoms with Gasteiger partial charge in [0.15, 0.2) is 5.82 Å². The molecule has 7 nitrogen and oxygen atoms in total. The zero-order chi connectivity index (χ0) is 28.7. The fourth-order valence-corrected chi connectivity index (χ4v) is 6.30. The van der Waals surface area contributed by atoms with Crippen molar-refractivity contribution >= 4 is 17.3 Å². The molecule has 0 bridgehead atoms. The molecule has 2 aromatic heterocycles. The van der Waals surface area contributed by atoms with Crippen molar-refractivity contribution in [1.29, 1.82) is 0 Å². The fraction of sp³-hybridized carbons (Fsp3) is 0.343. The average Bonchev–Trinajstić information content (AvgIpc) is 3.63. The van der Waals surface area contributed by atoms with Gasteiger partial charge in [0.25, 0.3) is 0 Å². The van der Waals surface area contributed by atoms with Crippen LogP contribution in [0.3, 0.4) is 0 Å². The lowest BCUT2D eigenvalue weighted by Crippen LogP contribution is -2.47. The van der Waals surface area contributed by atoms with Crippen LogP contribution < -0.4 is 5.32 Å². The van der Waals surface area contributed by atoms with Crippen LogP contribution in [0.1, 0.15) is 59.7 Å². The van der Waals surface area contributed by atoms with Gasteiger partial charge in [-0.15, -0.1) is 10.2 Å². The predicted octanol–water partition coefficient (Wildman–Crippen LogP) is 5.56. The Balaban J connectivity index is 1.39. The predicted molar refractivity (Wildman–Crippen MR) is 167 cm³/mol. The van der Waals surface area contributed by atoms with E-state index in [2.05, 4.69) is 112 Å². The number of nitrogens with zero attached hydrogens (tertiary/aromatic N) is 4. The highest BCUT2D eigenvalue weighted by molar-refractivity contribution is 5.83. The van der Waals surface area contributed by atoms with E-state index in [9.17, 15) is 4.79 Å². The molecule has 215 valence electrons. The standard InChI is InChI=1S/C35H39N6O/c1-2-26-14-16-28(17-15-26)23-41-34(19-18-27-9-4-3-5-10-27)38-39-35(41)33(40-20-8-11-30(24-40)37-25-42)21-29-22-36-32-13-7-6-12-31(29)32/h3-7,9-10,12-17,22,30,33,36H,2,8,11,18-21,23-24H2,1H3,(H,37,42)/t30-,33+/m0/s1. The number of fused-ring (bicyclic) bond motifs is 1. The Labute approximate surface area is 248 Å².